The molecule has 0 radical (unpaired) electrons. The van der Waals surface area contributed by atoms with Crippen molar-refractivity contribution in [3.8, 4) is 0 Å². The first kappa shape index (κ1) is 16.7. The number of halogens is 1. The molecule has 2 saturated heterocycles. The molecule has 0 atom stereocenters. The molecule has 2 aliphatic rings. The van der Waals surface area contributed by atoms with Crippen LogP contribution in [-0.2, 0) is 4.74 Å². The van der Waals surface area contributed by atoms with E-state index in [9.17, 15) is 4.79 Å². The number of hydrogen-bond acceptors (Lipinski definition) is 4. The van der Waals surface area contributed by atoms with Crippen LogP contribution in [0.3, 0.4) is 0 Å². The Morgan fingerprint density at radius 3 is 1.96 bits per heavy atom. The standard InChI is InChI=1S/C18H25ClN2O2/c1-3-20-9-14-11-21(4-2)12-15(10-20)17(14)23-18(22)13-5-7-16(19)8-6-13/h5-8,14-15,17H,3-4,9-12H2,1-2H3. The lowest BCUT2D eigenvalue weighted by Crippen LogP contribution is -2.61. The van der Waals surface area contributed by atoms with E-state index in [-0.39, 0.29) is 12.1 Å². The summed E-state index contributed by atoms with van der Waals surface area (Å²) < 4.78 is 5.93. The Kier molecular flexibility index (Phi) is 5.24. The Bertz CT molecular complexity index is 516. The summed E-state index contributed by atoms with van der Waals surface area (Å²) in [5.41, 5.74) is 0.581. The number of hydrogen-bond donors (Lipinski definition) is 0. The van der Waals surface area contributed by atoms with Crippen LogP contribution >= 0.6 is 11.6 Å². The minimum atomic E-state index is -0.225. The van der Waals surface area contributed by atoms with Gasteiger partial charge in [-0.2, -0.15) is 0 Å². The lowest BCUT2D eigenvalue weighted by Gasteiger charge is -2.49. The predicted molar refractivity (Wildman–Crippen MR) is 91.9 cm³/mol. The molecule has 0 amide bonds. The number of piperidine rings is 2. The first-order chi connectivity index (χ1) is 11.1. The third-order valence-corrected chi connectivity index (χ3v) is 5.37. The maximum atomic E-state index is 12.5. The maximum Gasteiger partial charge on any atom is 0.338 e. The predicted octanol–water partition coefficient (Wildman–Crippen LogP) is 2.77. The number of rotatable bonds is 4. The summed E-state index contributed by atoms with van der Waals surface area (Å²) in [6.07, 6.45) is 0.0313. The molecule has 0 spiro atoms. The van der Waals surface area contributed by atoms with Gasteiger partial charge in [0.25, 0.3) is 0 Å². The highest BCUT2D eigenvalue weighted by atomic mass is 35.5. The van der Waals surface area contributed by atoms with Crippen LogP contribution in [0.25, 0.3) is 0 Å². The second-order valence-corrected chi connectivity index (χ2v) is 7.04. The third kappa shape index (κ3) is 3.70. The fourth-order valence-electron chi connectivity index (χ4n) is 3.88. The Morgan fingerprint density at radius 2 is 1.52 bits per heavy atom. The highest BCUT2D eigenvalue weighted by Crippen LogP contribution is 2.32. The summed E-state index contributed by atoms with van der Waals surface area (Å²) >= 11 is 5.89. The SMILES string of the molecule is CCN1CC2CN(CC)CC(C1)C2OC(=O)c1ccc(Cl)cc1. The lowest BCUT2D eigenvalue weighted by molar-refractivity contribution is -0.0868. The summed E-state index contributed by atoms with van der Waals surface area (Å²) in [6, 6.07) is 6.94. The third-order valence-electron chi connectivity index (χ3n) is 5.12. The Balaban J connectivity index is 1.71. The molecule has 0 N–H and O–H groups in total. The zero-order valence-corrected chi connectivity index (χ0v) is 14.6. The van der Waals surface area contributed by atoms with Gasteiger partial charge in [-0.3, -0.25) is 0 Å². The van der Waals surface area contributed by atoms with Gasteiger partial charge in [-0.05, 0) is 37.4 Å². The minimum absolute atomic E-state index is 0.0313. The van der Waals surface area contributed by atoms with Gasteiger partial charge >= 0.3 is 5.97 Å². The summed E-state index contributed by atoms with van der Waals surface area (Å²) in [5, 5.41) is 0.633. The molecule has 2 fully saturated rings. The molecule has 5 heteroatoms. The van der Waals surface area contributed by atoms with Gasteiger partial charge in [-0.25, -0.2) is 4.79 Å². The molecule has 1 aromatic carbocycles. The van der Waals surface area contributed by atoms with E-state index in [4.69, 9.17) is 16.3 Å². The first-order valence-electron chi connectivity index (χ1n) is 8.52. The van der Waals surface area contributed by atoms with Gasteiger partial charge in [0, 0.05) is 43.0 Å². The fraction of sp³-hybridized carbons (Fsp3) is 0.611. The van der Waals surface area contributed by atoms with Gasteiger partial charge < -0.3 is 14.5 Å². The van der Waals surface area contributed by atoms with Crippen molar-refractivity contribution in [2.45, 2.75) is 20.0 Å². The second kappa shape index (κ2) is 7.20. The van der Waals surface area contributed by atoms with Crippen molar-refractivity contribution in [3.63, 3.8) is 0 Å². The Hall–Kier alpha value is -1.10. The molecule has 3 rings (SSSR count). The van der Waals surface area contributed by atoms with Crippen molar-refractivity contribution >= 4 is 17.6 Å². The molecule has 0 aliphatic carbocycles. The van der Waals surface area contributed by atoms with Gasteiger partial charge in [0.2, 0.25) is 0 Å². The molecule has 0 aromatic heterocycles. The van der Waals surface area contributed by atoms with E-state index in [2.05, 4.69) is 23.6 Å². The number of esters is 1. The molecule has 0 saturated carbocycles. The smallest absolute Gasteiger partial charge is 0.338 e. The van der Waals surface area contributed by atoms with Crippen molar-refractivity contribution in [2.24, 2.45) is 11.8 Å². The van der Waals surface area contributed by atoms with Crippen LogP contribution in [0.5, 0.6) is 0 Å². The van der Waals surface area contributed by atoms with Crippen LogP contribution in [0.4, 0.5) is 0 Å². The van der Waals surface area contributed by atoms with Crippen LogP contribution in [0.15, 0.2) is 24.3 Å². The number of ether oxygens (including phenoxy) is 1. The largest absolute Gasteiger partial charge is 0.458 e. The number of likely N-dealkylation sites (tertiary alicyclic amines) is 2. The zero-order chi connectivity index (χ0) is 16.4. The number of nitrogens with zero attached hydrogens (tertiary/aromatic N) is 2. The van der Waals surface area contributed by atoms with Gasteiger partial charge in [0.1, 0.15) is 6.10 Å². The van der Waals surface area contributed by atoms with Crippen molar-refractivity contribution in [3.05, 3.63) is 34.9 Å². The molecule has 2 heterocycles. The Morgan fingerprint density at radius 1 is 1.04 bits per heavy atom. The van der Waals surface area contributed by atoms with E-state index in [1.807, 2.05) is 0 Å². The molecule has 2 aliphatic heterocycles. The molecule has 1 aromatic rings. The van der Waals surface area contributed by atoms with E-state index >= 15 is 0 Å². The summed E-state index contributed by atoms with van der Waals surface area (Å²) in [5.74, 6) is 0.578. The van der Waals surface area contributed by atoms with Crippen molar-refractivity contribution in [1.82, 2.24) is 9.80 Å². The summed E-state index contributed by atoms with van der Waals surface area (Å²) in [4.78, 5) is 17.4. The fourth-order valence-corrected chi connectivity index (χ4v) is 4.00. The van der Waals surface area contributed by atoms with E-state index < -0.39 is 0 Å². The van der Waals surface area contributed by atoms with Crippen molar-refractivity contribution in [2.75, 3.05) is 39.3 Å². The minimum Gasteiger partial charge on any atom is -0.458 e. The van der Waals surface area contributed by atoms with Gasteiger partial charge in [-0.1, -0.05) is 25.4 Å². The van der Waals surface area contributed by atoms with Crippen LogP contribution in [-0.4, -0.2) is 61.1 Å². The van der Waals surface area contributed by atoms with Crippen molar-refractivity contribution in [1.29, 1.82) is 0 Å². The zero-order valence-electron chi connectivity index (χ0n) is 13.9. The van der Waals surface area contributed by atoms with Crippen molar-refractivity contribution < 1.29 is 9.53 Å². The van der Waals surface area contributed by atoms with E-state index in [1.165, 1.54) is 0 Å². The topological polar surface area (TPSA) is 32.8 Å². The maximum absolute atomic E-state index is 12.5. The second-order valence-electron chi connectivity index (χ2n) is 6.60. The molecule has 2 bridgehead atoms. The molecule has 126 valence electrons. The molecule has 4 nitrogen and oxygen atoms in total. The van der Waals surface area contributed by atoms with Gasteiger partial charge in [0.15, 0.2) is 0 Å². The van der Waals surface area contributed by atoms with E-state index in [1.54, 1.807) is 24.3 Å². The first-order valence-corrected chi connectivity index (χ1v) is 8.89. The molecule has 0 unspecified atom stereocenters. The summed E-state index contributed by atoms with van der Waals surface area (Å²) in [7, 11) is 0. The molecular weight excluding hydrogens is 312 g/mol. The van der Waals surface area contributed by atoms with E-state index in [0.717, 1.165) is 39.3 Å². The average molecular weight is 337 g/mol. The van der Waals surface area contributed by atoms with Crippen LogP contribution < -0.4 is 0 Å². The van der Waals surface area contributed by atoms with Gasteiger partial charge in [0.05, 0.1) is 5.56 Å². The molecular formula is C18H25ClN2O2. The number of carbonyl (C=O) groups excluding carboxylic acids is 1. The molecule has 23 heavy (non-hydrogen) atoms. The normalized spacial score (nSPS) is 28.6. The average Bonchev–Trinajstić information content (AvgIpc) is 2.54. The number of carbonyl (C=O) groups is 1. The van der Waals surface area contributed by atoms with Crippen LogP contribution in [0.1, 0.15) is 24.2 Å². The highest BCUT2D eigenvalue weighted by molar-refractivity contribution is 6.30. The number of fused-ring (bicyclic) bond motifs is 2. The van der Waals surface area contributed by atoms with Crippen LogP contribution in [0, 0.1) is 11.8 Å². The summed E-state index contributed by atoms with van der Waals surface area (Å²) in [6.45, 7) is 10.6. The monoisotopic (exact) mass is 336 g/mol. The van der Waals surface area contributed by atoms with E-state index in [0.29, 0.717) is 22.4 Å². The highest BCUT2D eigenvalue weighted by Gasteiger charge is 2.43. The Labute approximate surface area is 143 Å². The number of benzene rings is 1. The lowest BCUT2D eigenvalue weighted by atomic mass is 9.81. The van der Waals surface area contributed by atoms with Crippen LogP contribution in [0.2, 0.25) is 5.02 Å². The van der Waals surface area contributed by atoms with Gasteiger partial charge in [-0.15, -0.1) is 0 Å². The quantitative estimate of drug-likeness (QED) is 0.792.